The molecule has 2 N–H and O–H groups in total. The van der Waals surface area contributed by atoms with E-state index in [1.165, 1.54) is 0 Å². The fraction of sp³-hybridized carbons (Fsp3) is 1.00. The maximum Gasteiger partial charge on any atom is 0.279 e. The van der Waals surface area contributed by atoms with Gasteiger partial charge in [0.1, 0.15) is 0 Å². The Labute approximate surface area is 131 Å². The summed E-state index contributed by atoms with van der Waals surface area (Å²) in [5, 5.41) is 3.32. The molecule has 21 heavy (non-hydrogen) atoms. The first-order chi connectivity index (χ1) is 9.95. The molecule has 0 aliphatic carbocycles. The molecule has 0 aromatic heterocycles. The van der Waals surface area contributed by atoms with Gasteiger partial charge in [0.05, 0.1) is 0 Å². The Hall–Kier alpha value is -0.170. The average Bonchev–Trinajstić information content (AvgIpc) is 2.44. The molecule has 1 fully saturated rings. The molecule has 5 nitrogen and oxygen atoms in total. The first-order valence-electron chi connectivity index (χ1n) is 8.41. The summed E-state index contributed by atoms with van der Waals surface area (Å²) >= 11 is 0. The van der Waals surface area contributed by atoms with Crippen LogP contribution in [0.1, 0.15) is 52.9 Å². The monoisotopic (exact) mass is 319 g/mol. The minimum absolute atomic E-state index is 0.441. The van der Waals surface area contributed by atoms with Gasteiger partial charge in [0.15, 0.2) is 0 Å². The topological polar surface area (TPSA) is 61.4 Å². The molecule has 1 aliphatic heterocycles. The number of nitrogens with one attached hydrogen (secondary N) is 2. The van der Waals surface area contributed by atoms with E-state index in [1.54, 1.807) is 4.31 Å². The van der Waals surface area contributed by atoms with Gasteiger partial charge in [-0.2, -0.15) is 12.7 Å². The normalized spacial score (nSPS) is 21.0. The van der Waals surface area contributed by atoms with Crippen molar-refractivity contribution in [3.8, 4) is 0 Å². The zero-order valence-corrected chi connectivity index (χ0v) is 14.7. The van der Waals surface area contributed by atoms with Crippen LogP contribution in [0.25, 0.3) is 0 Å². The van der Waals surface area contributed by atoms with Crippen molar-refractivity contribution in [1.29, 1.82) is 0 Å². The maximum atomic E-state index is 12.3. The molecule has 0 amide bonds. The van der Waals surface area contributed by atoms with Crippen molar-refractivity contribution >= 4 is 10.2 Å². The Morgan fingerprint density at radius 2 is 2.05 bits per heavy atom. The summed E-state index contributed by atoms with van der Waals surface area (Å²) in [5.74, 6) is 1.13. The molecule has 0 aromatic carbocycles. The summed E-state index contributed by atoms with van der Waals surface area (Å²) in [6, 6.07) is 0. The standard InChI is InChI=1S/C15H33N3O2S/c1-4-16-12-15-9-7-11-18(13-15)21(19,20)17-10-6-5-8-14(2)3/h14-17H,4-13H2,1-3H3. The van der Waals surface area contributed by atoms with Crippen LogP contribution in [0.2, 0.25) is 0 Å². The first-order valence-corrected chi connectivity index (χ1v) is 9.85. The zero-order valence-electron chi connectivity index (χ0n) is 13.9. The van der Waals surface area contributed by atoms with E-state index in [2.05, 4.69) is 30.8 Å². The van der Waals surface area contributed by atoms with Crippen molar-refractivity contribution in [1.82, 2.24) is 14.3 Å². The van der Waals surface area contributed by atoms with Gasteiger partial charge in [-0.15, -0.1) is 0 Å². The molecular formula is C15H33N3O2S. The molecular weight excluding hydrogens is 286 g/mol. The summed E-state index contributed by atoms with van der Waals surface area (Å²) < 4.78 is 29.0. The van der Waals surface area contributed by atoms with Gasteiger partial charge in [-0.05, 0) is 44.2 Å². The van der Waals surface area contributed by atoms with Crippen LogP contribution in [0, 0.1) is 11.8 Å². The molecule has 0 aromatic rings. The number of rotatable bonds is 10. The Morgan fingerprint density at radius 3 is 2.71 bits per heavy atom. The molecule has 1 saturated heterocycles. The Balaban J connectivity index is 2.32. The van der Waals surface area contributed by atoms with Crippen LogP contribution >= 0.6 is 0 Å². The fourth-order valence-electron chi connectivity index (χ4n) is 2.73. The highest BCUT2D eigenvalue weighted by Crippen LogP contribution is 2.18. The van der Waals surface area contributed by atoms with Gasteiger partial charge in [-0.1, -0.05) is 33.6 Å². The van der Waals surface area contributed by atoms with Crippen molar-refractivity contribution in [2.45, 2.75) is 52.9 Å². The van der Waals surface area contributed by atoms with E-state index in [9.17, 15) is 8.42 Å². The van der Waals surface area contributed by atoms with Crippen molar-refractivity contribution in [3.63, 3.8) is 0 Å². The first kappa shape index (κ1) is 18.9. The molecule has 1 atom stereocenters. The van der Waals surface area contributed by atoms with E-state index in [-0.39, 0.29) is 0 Å². The molecule has 1 rings (SSSR count). The third kappa shape index (κ3) is 7.58. The minimum atomic E-state index is -3.29. The number of hydrogen-bond acceptors (Lipinski definition) is 3. The summed E-state index contributed by atoms with van der Waals surface area (Å²) in [4.78, 5) is 0. The molecule has 0 spiro atoms. The highest BCUT2D eigenvalue weighted by atomic mass is 32.2. The second kappa shape index (κ2) is 9.77. The van der Waals surface area contributed by atoms with E-state index >= 15 is 0 Å². The van der Waals surface area contributed by atoms with Gasteiger partial charge in [-0.25, -0.2) is 4.72 Å². The van der Waals surface area contributed by atoms with Crippen LogP contribution in [0.5, 0.6) is 0 Å². The van der Waals surface area contributed by atoms with Crippen molar-refractivity contribution in [2.24, 2.45) is 11.8 Å². The molecule has 0 bridgehead atoms. The van der Waals surface area contributed by atoms with E-state index in [0.717, 1.165) is 45.2 Å². The number of unbranched alkanes of at least 4 members (excludes halogenated alkanes) is 1. The largest absolute Gasteiger partial charge is 0.317 e. The van der Waals surface area contributed by atoms with Gasteiger partial charge in [0.25, 0.3) is 10.2 Å². The van der Waals surface area contributed by atoms with E-state index in [4.69, 9.17) is 0 Å². The lowest BCUT2D eigenvalue weighted by Gasteiger charge is -2.32. The van der Waals surface area contributed by atoms with Crippen molar-refractivity contribution in [2.75, 3.05) is 32.7 Å². The third-order valence-corrected chi connectivity index (χ3v) is 5.58. The zero-order chi connectivity index (χ0) is 15.7. The predicted molar refractivity (Wildman–Crippen MR) is 88.5 cm³/mol. The molecule has 6 heteroatoms. The minimum Gasteiger partial charge on any atom is -0.317 e. The molecule has 126 valence electrons. The third-order valence-electron chi connectivity index (χ3n) is 4.00. The van der Waals surface area contributed by atoms with Crippen molar-refractivity contribution in [3.05, 3.63) is 0 Å². The number of hydrogen-bond donors (Lipinski definition) is 2. The van der Waals surface area contributed by atoms with E-state index in [0.29, 0.717) is 31.5 Å². The van der Waals surface area contributed by atoms with Gasteiger partial charge in [0, 0.05) is 19.6 Å². The quantitative estimate of drug-likeness (QED) is 0.605. The van der Waals surface area contributed by atoms with Gasteiger partial charge in [-0.3, -0.25) is 0 Å². The summed E-state index contributed by atoms with van der Waals surface area (Å²) in [5.41, 5.74) is 0. The van der Waals surface area contributed by atoms with Crippen LogP contribution in [0.4, 0.5) is 0 Å². The predicted octanol–water partition coefficient (Wildman–Crippen LogP) is 1.97. The Bertz CT molecular complexity index is 371. The molecule has 0 saturated carbocycles. The molecule has 1 unspecified atom stereocenters. The van der Waals surface area contributed by atoms with Crippen LogP contribution < -0.4 is 10.0 Å². The lowest BCUT2D eigenvalue weighted by molar-refractivity contribution is 0.258. The van der Waals surface area contributed by atoms with E-state index in [1.807, 2.05) is 0 Å². The smallest absolute Gasteiger partial charge is 0.279 e. The Morgan fingerprint density at radius 1 is 1.29 bits per heavy atom. The van der Waals surface area contributed by atoms with Gasteiger partial charge < -0.3 is 5.32 Å². The summed E-state index contributed by atoms with van der Waals surface area (Å²) in [6.07, 6.45) is 5.25. The second-order valence-corrected chi connectivity index (χ2v) is 8.22. The summed E-state index contributed by atoms with van der Waals surface area (Å²) in [7, 11) is -3.29. The highest BCUT2D eigenvalue weighted by molar-refractivity contribution is 7.87. The lowest BCUT2D eigenvalue weighted by Crippen LogP contribution is -2.47. The number of nitrogens with zero attached hydrogens (tertiary/aromatic N) is 1. The lowest BCUT2D eigenvalue weighted by atomic mass is 10.00. The van der Waals surface area contributed by atoms with Crippen LogP contribution in [0.3, 0.4) is 0 Å². The van der Waals surface area contributed by atoms with Crippen LogP contribution in [0.15, 0.2) is 0 Å². The maximum absolute atomic E-state index is 12.3. The van der Waals surface area contributed by atoms with Gasteiger partial charge >= 0.3 is 0 Å². The summed E-state index contributed by atoms with van der Waals surface area (Å²) in [6.45, 7) is 10.2. The fourth-order valence-corrected chi connectivity index (χ4v) is 4.09. The van der Waals surface area contributed by atoms with Crippen LogP contribution in [-0.2, 0) is 10.2 Å². The van der Waals surface area contributed by atoms with Gasteiger partial charge in [0.2, 0.25) is 0 Å². The number of piperidine rings is 1. The second-order valence-electron chi connectivity index (χ2n) is 6.46. The average molecular weight is 320 g/mol. The van der Waals surface area contributed by atoms with E-state index < -0.39 is 10.2 Å². The van der Waals surface area contributed by atoms with Crippen LogP contribution in [-0.4, -0.2) is 45.4 Å². The Kier molecular flexibility index (Phi) is 8.78. The molecule has 0 radical (unpaired) electrons. The molecule has 1 heterocycles. The van der Waals surface area contributed by atoms with Crippen molar-refractivity contribution < 1.29 is 8.42 Å². The molecule has 1 aliphatic rings. The highest BCUT2D eigenvalue weighted by Gasteiger charge is 2.28. The SMILES string of the molecule is CCNCC1CCCN(S(=O)(=O)NCCCCC(C)C)C1.